The summed E-state index contributed by atoms with van der Waals surface area (Å²) in [5.74, 6) is 1.66. The molecule has 0 saturated heterocycles. The first-order valence-electron chi connectivity index (χ1n) is 13.7. The summed E-state index contributed by atoms with van der Waals surface area (Å²) < 4.78 is 7.26. The van der Waals surface area contributed by atoms with Gasteiger partial charge in [0, 0.05) is 17.5 Å². The molecule has 2 saturated carbocycles. The maximum Gasteiger partial charge on any atom is 0.331 e. The summed E-state index contributed by atoms with van der Waals surface area (Å²) in [6.45, 7) is 4.20. The first-order chi connectivity index (χ1) is 18.5. The highest BCUT2D eigenvalue weighted by molar-refractivity contribution is 5.93. The minimum Gasteiger partial charge on any atom is -0.464 e. The number of aromatic nitrogens is 4. The van der Waals surface area contributed by atoms with E-state index in [2.05, 4.69) is 41.7 Å². The number of hydrogen-bond acceptors (Lipinski definition) is 7. The fourth-order valence-corrected chi connectivity index (χ4v) is 5.51. The van der Waals surface area contributed by atoms with E-state index in [1.54, 1.807) is 4.52 Å². The van der Waals surface area contributed by atoms with Crippen LogP contribution < -0.4 is 11.1 Å². The first kappa shape index (κ1) is 24.6. The largest absolute Gasteiger partial charge is 0.464 e. The number of nitrogens with two attached hydrogens (primary N) is 1. The number of fused-ring (bicyclic) bond motifs is 1. The summed E-state index contributed by atoms with van der Waals surface area (Å²) in [7, 11) is 0. The van der Waals surface area contributed by atoms with Crippen LogP contribution >= 0.6 is 0 Å². The number of nitrogens with one attached hydrogen (secondary N) is 1. The molecule has 3 N–H and O–H groups in total. The van der Waals surface area contributed by atoms with Gasteiger partial charge >= 0.3 is 5.97 Å². The van der Waals surface area contributed by atoms with Crippen LogP contribution in [-0.4, -0.2) is 37.7 Å². The molecule has 0 radical (unpaired) electrons. The zero-order valence-corrected chi connectivity index (χ0v) is 22.0. The monoisotopic (exact) mass is 510 g/mol. The number of hydrogen-bond donors (Lipinski definition) is 2. The van der Waals surface area contributed by atoms with Crippen molar-refractivity contribution in [1.82, 2.24) is 19.6 Å². The summed E-state index contributed by atoms with van der Waals surface area (Å²) in [6.07, 6.45) is 6.20. The molecule has 2 aromatic heterocycles. The molecule has 0 amide bonds. The molecule has 0 unspecified atom stereocenters. The standard InChI is InChI=1S/C30H34N6O2/c1-3-23-32-28-33-25(21-12-14-22(15-13-21)29(31)16-8-17-29)24(20-10-6-5-7-11-20)26(36(28)35-23)34-30(18-9-19-30)27(37)38-4-2/h5-7,10-15,34H,3-4,8-9,16-19,31H2,1-2H3. The van der Waals surface area contributed by atoms with Gasteiger partial charge in [-0.2, -0.15) is 9.50 Å². The van der Waals surface area contributed by atoms with Crippen molar-refractivity contribution in [2.24, 2.45) is 5.73 Å². The number of benzene rings is 2. The van der Waals surface area contributed by atoms with Gasteiger partial charge in [-0.25, -0.2) is 9.78 Å². The third-order valence-corrected chi connectivity index (χ3v) is 8.12. The maximum absolute atomic E-state index is 13.2. The highest BCUT2D eigenvalue weighted by Gasteiger charge is 2.47. The van der Waals surface area contributed by atoms with Crippen molar-refractivity contribution in [1.29, 1.82) is 0 Å². The van der Waals surface area contributed by atoms with Crippen LogP contribution in [0.3, 0.4) is 0 Å². The van der Waals surface area contributed by atoms with Gasteiger partial charge in [0.15, 0.2) is 5.82 Å². The van der Waals surface area contributed by atoms with E-state index in [0.29, 0.717) is 43.3 Å². The Balaban J connectivity index is 1.57. The molecule has 8 nitrogen and oxygen atoms in total. The van der Waals surface area contributed by atoms with Crippen LogP contribution in [0.1, 0.15) is 63.8 Å². The van der Waals surface area contributed by atoms with Gasteiger partial charge in [-0.1, -0.05) is 61.5 Å². The van der Waals surface area contributed by atoms with E-state index in [1.165, 1.54) is 6.42 Å². The second kappa shape index (κ2) is 9.51. The lowest BCUT2D eigenvalue weighted by atomic mass is 9.72. The average molecular weight is 511 g/mol. The Hall–Kier alpha value is -3.78. The van der Waals surface area contributed by atoms with Crippen molar-refractivity contribution in [3.8, 4) is 22.4 Å². The average Bonchev–Trinajstić information content (AvgIpc) is 3.33. The predicted octanol–water partition coefficient (Wildman–Crippen LogP) is 5.26. The van der Waals surface area contributed by atoms with Crippen LogP contribution in [0.2, 0.25) is 0 Å². The van der Waals surface area contributed by atoms with Gasteiger partial charge in [-0.15, -0.1) is 5.10 Å². The van der Waals surface area contributed by atoms with E-state index >= 15 is 0 Å². The Morgan fingerprint density at radius 3 is 2.26 bits per heavy atom. The molecule has 6 rings (SSSR count). The van der Waals surface area contributed by atoms with E-state index in [-0.39, 0.29) is 11.5 Å². The lowest BCUT2D eigenvalue weighted by molar-refractivity contribution is -0.151. The van der Waals surface area contributed by atoms with E-state index in [9.17, 15) is 4.79 Å². The Morgan fingerprint density at radius 2 is 1.68 bits per heavy atom. The van der Waals surface area contributed by atoms with Crippen molar-refractivity contribution < 1.29 is 9.53 Å². The maximum atomic E-state index is 13.2. The summed E-state index contributed by atoms with van der Waals surface area (Å²) >= 11 is 0. The minimum absolute atomic E-state index is 0.231. The molecule has 2 fully saturated rings. The van der Waals surface area contributed by atoms with Gasteiger partial charge in [0.25, 0.3) is 5.78 Å². The SMILES string of the molecule is CCOC(=O)C1(Nc2c(-c3ccccc3)c(-c3ccc(C4(N)CCC4)cc3)nc3nc(CC)nn23)CCC1. The van der Waals surface area contributed by atoms with E-state index in [1.807, 2.05) is 32.0 Å². The Labute approximate surface area is 222 Å². The molecule has 8 heteroatoms. The van der Waals surface area contributed by atoms with Crippen LogP contribution in [0.4, 0.5) is 5.82 Å². The molecule has 0 aliphatic heterocycles. The zero-order valence-electron chi connectivity index (χ0n) is 22.0. The van der Waals surface area contributed by atoms with Gasteiger partial charge < -0.3 is 15.8 Å². The number of anilines is 1. The number of rotatable bonds is 8. The van der Waals surface area contributed by atoms with Crippen LogP contribution in [0.5, 0.6) is 0 Å². The van der Waals surface area contributed by atoms with Crippen molar-refractivity contribution >= 4 is 17.6 Å². The third kappa shape index (κ3) is 4.04. The number of carbonyl (C=O) groups excluding carboxylic acids is 1. The van der Waals surface area contributed by atoms with E-state index in [0.717, 1.165) is 47.2 Å². The highest BCUT2D eigenvalue weighted by atomic mass is 16.5. The molecule has 196 valence electrons. The Bertz CT molecular complexity index is 1470. The number of esters is 1. The molecule has 0 spiro atoms. The van der Waals surface area contributed by atoms with Gasteiger partial charge in [0.2, 0.25) is 0 Å². The second-order valence-electron chi connectivity index (χ2n) is 10.5. The lowest BCUT2D eigenvalue weighted by Gasteiger charge is -2.41. The summed E-state index contributed by atoms with van der Waals surface area (Å²) in [5.41, 5.74) is 10.3. The smallest absolute Gasteiger partial charge is 0.331 e. The van der Waals surface area contributed by atoms with Crippen LogP contribution in [0, 0.1) is 0 Å². The van der Waals surface area contributed by atoms with E-state index < -0.39 is 5.54 Å². The van der Waals surface area contributed by atoms with E-state index in [4.69, 9.17) is 25.5 Å². The fraction of sp³-hybridized carbons (Fsp3) is 0.400. The van der Waals surface area contributed by atoms with Gasteiger partial charge in [0.05, 0.1) is 17.9 Å². The minimum atomic E-state index is -0.802. The van der Waals surface area contributed by atoms with Crippen molar-refractivity contribution in [2.45, 2.75) is 69.9 Å². The third-order valence-electron chi connectivity index (χ3n) is 8.12. The van der Waals surface area contributed by atoms with Crippen molar-refractivity contribution in [3.05, 3.63) is 66.0 Å². The summed E-state index contributed by atoms with van der Waals surface area (Å²) in [6, 6.07) is 18.6. The molecule has 4 aromatic rings. The molecule has 38 heavy (non-hydrogen) atoms. The zero-order chi connectivity index (χ0) is 26.3. The Morgan fingerprint density at radius 1 is 0.974 bits per heavy atom. The lowest BCUT2D eigenvalue weighted by Crippen LogP contribution is -2.53. The number of nitrogens with zero attached hydrogens (tertiary/aromatic N) is 4. The van der Waals surface area contributed by atoms with Crippen LogP contribution in [0.25, 0.3) is 28.2 Å². The number of aryl methyl sites for hydroxylation is 1. The molecule has 2 heterocycles. The van der Waals surface area contributed by atoms with Gasteiger partial charge in [0.1, 0.15) is 11.4 Å². The topological polar surface area (TPSA) is 107 Å². The molecule has 0 bridgehead atoms. The normalized spacial score (nSPS) is 17.4. The fourth-order valence-electron chi connectivity index (χ4n) is 5.51. The summed E-state index contributed by atoms with van der Waals surface area (Å²) in [5, 5.41) is 8.39. The molecule has 2 aromatic carbocycles. The van der Waals surface area contributed by atoms with Crippen LogP contribution in [0.15, 0.2) is 54.6 Å². The predicted molar refractivity (Wildman–Crippen MR) is 148 cm³/mol. The summed E-state index contributed by atoms with van der Waals surface area (Å²) in [4.78, 5) is 22.9. The molecular formula is C30H34N6O2. The second-order valence-corrected chi connectivity index (χ2v) is 10.5. The van der Waals surface area contributed by atoms with Gasteiger partial charge in [-0.05, 0) is 56.6 Å². The molecular weight excluding hydrogens is 476 g/mol. The molecule has 2 aliphatic rings. The highest BCUT2D eigenvalue weighted by Crippen LogP contribution is 2.44. The first-order valence-corrected chi connectivity index (χ1v) is 13.7. The molecule has 2 aliphatic carbocycles. The van der Waals surface area contributed by atoms with Gasteiger partial charge in [-0.3, -0.25) is 0 Å². The van der Waals surface area contributed by atoms with Crippen molar-refractivity contribution in [2.75, 3.05) is 11.9 Å². The quantitative estimate of drug-likeness (QED) is 0.312. The Kier molecular flexibility index (Phi) is 6.14. The number of ether oxygens (including phenoxy) is 1. The number of carbonyl (C=O) groups is 1. The van der Waals surface area contributed by atoms with Crippen LogP contribution in [-0.2, 0) is 21.5 Å². The van der Waals surface area contributed by atoms with Crippen molar-refractivity contribution in [3.63, 3.8) is 0 Å². The molecule has 0 atom stereocenters.